The van der Waals surface area contributed by atoms with Gasteiger partial charge in [0.2, 0.25) is 5.43 Å². The molecular weight excluding hydrogens is 352 g/mol. The lowest BCUT2D eigenvalue weighted by molar-refractivity contribution is 0.0697. The Kier molecular flexibility index (Phi) is 3.52. The van der Waals surface area contributed by atoms with Crippen LogP contribution in [0.1, 0.15) is 10.4 Å². The number of carboxylic acids is 1. The van der Waals surface area contributed by atoms with E-state index in [0.29, 0.717) is 22.1 Å². The molecule has 27 heavy (non-hydrogen) atoms. The summed E-state index contributed by atoms with van der Waals surface area (Å²) in [5.74, 6) is -2.13. The van der Waals surface area contributed by atoms with E-state index in [9.17, 15) is 24.9 Å². The highest BCUT2D eigenvalue weighted by Gasteiger charge is 2.21. The molecule has 0 atom stereocenters. The van der Waals surface area contributed by atoms with Crippen molar-refractivity contribution in [1.29, 1.82) is 0 Å². The fourth-order valence-corrected chi connectivity index (χ4v) is 3.02. The van der Waals surface area contributed by atoms with Crippen LogP contribution in [0, 0.1) is 0 Å². The Balaban J connectivity index is 2.14. The standard InChI is InChI=1S/C20H12O7/c21-13-5-11-17(7-15(13)23)27-18-8-16(24)14(22)6-12(18)19(11)9-1-3-10(4-2-9)20(25)26/h1-8,21-23H,(H,25,26). The van der Waals surface area contributed by atoms with Crippen LogP contribution in [0.15, 0.2) is 57.7 Å². The van der Waals surface area contributed by atoms with Gasteiger partial charge in [-0.05, 0) is 29.8 Å². The van der Waals surface area contributed by atoms with Crippen LogP contribution >= 0.6 is 0 Å². The third-order valence-corrected chi connectivity index (χ3v) is 4.32. The zero-order valence-electron chi connectivity index (χ0n) is 13.6. The molecule has 1 aliphatic heterocycles. The highest BCUT2D eigenvalue weighted by Crippen LogP contribution is 2.43. The van der Waals surface area contributed by atoms with Gasteiger partial charge in [-0.15, -0.1) is 0 Å². The number of benzene rings is 3. The van der Waals surface area contributed by atoms with E-state index < -0.39 is 17.1 Å². The smallest absolute Gasteiger partial charge is 0.335 e. The minimum atomic E-state index is -1.07. The second kappa shape index (κ2) is 5.77. The average Bonchev–Trinajstić information content (AvgIpc) is 2.63. The van der Waals surface area contributed by atoms with E-state index in [1.165, 1.54) is 30.3 Å². The van der Waals surface area contributed by atoms with Gasteiger partial charge in [0.15, 0.2) is 17.2 Å². The molecule has 0 unspecified atom stereocenters. The molecule has 0 bridgehead atoms. The van der Waals surface area contributed by atoms with E-state index in [1.54, 1.807) is 12.1 Å². The van der Waals surface area contributed by atoms with E-state index in [0.717, 1.165) is 6.07 Å². The van der Waals surface area contributed by atoms with Gasteiger partial charge >= 0.3 is 5.97 Å². The van der Waals surface area contributed by atoms with Gasteiger partial charge < -0.3 is 24.8 Å². The molecule has 0 spiro atoms. The number of phenolic OH excluding ortho intramolecular Hbond substituents is 3. The second-order valence-corrected chi connectivity index (χ2v) is 6.01. The fourth-order valence-electron chi connectivity index (χ4n) is 3.02. The predicted molar refractivity (Wildman–Crippen MR) is 96.5 cm³/mol. The lowest BCUT2D eigenvalue weighted by atomic mass is 9.93. The second-order valence-electron chi connectivity index (χ2n) is 6.01. The highest BCUT2D eigenvalue weighted by molar-refractivity contribution is 6.03. The summed E-state index contributed by atoms with van der Waals surface area (Å²) >= 11 is 0. The minimum absolute atomic E-state index is 0.0955. The number of carbonyl (C=O) groups is 1. The molecule has 4 rings (SSSR count). The number of fused-ring (bicyclic) bond motifs is 2. The van der Waals surface area contributed by atoms with E-state index in [1.807, 2.05) is 0 Å². The third-order valence-electron chi connectivity index (χ3n) is 4.32. The first-order chi connectivity index (χ1) is 12.8. The lowest BCUT2D eigenvalue weighted by Crippen LogP contribution is -2.01. The molecule has 1 heterocycles. The van der Waals surface area contributed by atoms with Crippen LogP contribution in [0.25, 0.3) is 33.4 Å². The zero-order chi connectivity index (χ0) is 19.3. The van der Waals surface area contributed by atoms with E-state index in [-0.39, 0.29) is 28.4 Å². The van der Waals surface area contributed by atoms with Crippen LogP contribution < -0.4 is 5.43 Å². The Morgan fingerprint density at radius 1 is 0.852 bits per heavy atom. The van der Waals surface area contributed by atoms with Crippen molar-refractivity contribution >= 4 is 16.9 Å². The van der Waals surface area contributed by atoms with Gasteiger partial charge in [0, 0.05) is 28.6 Å². The van der Waals surface area contributed by atoms with Gasteiger partial charge in [0.1, 0.15) is 11.3 Å². The Bertz CT molecular complexity index is 1240. The monoisotopic (exact) mass is 364 g/mol. The van der Waals surface area contributed by atoms with Gasteiger partial charge in [-0.25, -0.2) is 4.79 Å². The molecule has 2 aromatic rings. The van der Waals surface area contributed by atoms with Crippen molar-refractivity contribution in [3.05, 3.63) is 64.3 Å². The molecule has 0 saturated heterocycles. The molecule has 7 nitrogen and oxygen atoms in total. The Labute approximate surface area is 151 Å². The number of phenols is 3. The van der Waals surface area contributed by atoms with Crippen molar-refractivity contribution in [2.75, 3.05) is 0 Å². The number of carboxylic acid groups (broad SMARTS) is 1. The lowest BCUT2D eigenvalue weighted by Gasteiger charge is -2.16. The van der Waals surface area contributed by atoms with Gasteiger partial charge in [-0.3, -0.25) is 4.79 Å². The average molecular weight is 364 g/mol. The summed E-state index contributed by atoms with van der Waals surface area (Å²) in [5, 5.41) is 39.0. The summed E-state index contributed by atoms with van der Waals surface area (Å²) in [4.78, 5) is 22.9. The van der Waals surface area contributed by atoms with Gasteiger partial charge in [-0.1, -0.05) is 12.1 Å². The normalized spacial score (nSPS) is 11.1. The number of rotatable bonds is 2. The quantitative estimate of drug-likeness (QED) is 0.317. The number of hydrogen-bond donors (Lipinski definition) is 4. The van der Waals surface area contributed by atoms with Crippen molar-refractivity contribution in [3.8, 4) is 39.7 Å². The van der Waals surface area contributed by atoms with Crippen molar-refractivity contribution in [2.45, 2.75) is 0 Å². The highest BCUT2D eigenvalue weighted by atomic mass is 16.4. The summed E-state index contributed by atoms with van der Waals surface area (Å²) in [6.07, 6.45) is 0. The molecule has 0 fully saturated rings. The molecule has 4 N–H and O–H groups in total. The summed E-state index contributed by atoms with van der Waals surface area (Å²) in [7, 11) is 0. The third kappa shape index (κ3) is 2.62. The first kappa shape index (κ1) is 16.5. The SMILES string of the molecule is O=C(O)c1ccc(-c2c3cc(O)c(=O)cc-3oc3cc(O)c(O)cc23)cc1. The predicted octanol–water partition coefficient (Wildman–Crippen LogP) is 3.38. The molecular formula is C20H12O7. The van der Waals surface area contributed by atoms with Crippen molar-refractivity contribution in [2.24, 2.45) is 0 Å². The van der Waals surface area contributed by atoms with Gasteiger partial charge in [0.05, 0.1) is 5.56 Å². The van der Waals surface area contributed by atoms with Crippen molar-refractivity contribution in [3.63, 3.8) is 0 Å². The first-order valence-corrected chi connectivity index (χ1v) is 7.84. The van der Waals surface area contributed by atoms with Crippen LogP contribution in [-0.4, -0.2) is 26.4 Å². The van der Waals surface area contributed by atoms with Gasteiger partial charge in [-0.2, -0.15) is 0 Å². The molecule has 0 amide bonds. The Morgan fingerprint density at radius 3 is 2.19 bits per heavy atom. The maximum absolute atomic E-state index is 11.8. The number of aromatic hydroxyl groups is 3. The molecule has 1 aliphatic carbocycles. The Morgan fingerprint density at radius 2 is 1.52 bits per heavy atom. The fraction of sp³-hybridized carbons (Fsp3) is 0. The van der Waals surface area contributed by atoms with Crippen LogP contribution in [-0.2, 0) is 0 Å². The zero-order valence-corrected chi connectivity index (χ0v) is 13.6. The van der Waals surface area contributed by atoms with Crippen LogP contribution in [0.5, 0.6) is 17.2 Å². The minimum Gasteiger partial charge on any atom is -0.504 e. The maximum Gasteiger partial charge on any atom is 0.335 e. The van der Waals surface area contributed by atoms with E-state index in [2.05, 4.69) is 0 Å². The molecule has 7 heteroatoms. The summed E-state index contributed by atoms with van der Waals surface area (Å²) < 4.78 is 5.67. The van der Waals surface area contributed by atoms with Gasteiger partial charge in [0.25, 0.3) is 0 Å². The number of hydrogen-bond acceptors (Lipinski definition) is 6. The van der Waals surface area contributed by atoms with E-state index in [4.69, 9.17) is 9.52 Å². The molecule has 134 valence electrons. The summed E-state index contributed by atoms with van der Waals surface area (Å²) in [6.45, 7) is 0. The van der Waals surface area contributed by atoms with E-state index >= 15 is 0 Å². The van der Waals surface area contributed by atoms with Crippen LogP contribution in [0.2, 0.25) is 0 Å². The van der Waals surface area contributed by atoms with Crippen molar-refractivity contribution < 1.29 is 29.6 Å². The summed E-state index contributed by atoms with van der Waals surface area (Å²) in [6, 6.07) is 10.9. The largest absolute Gasteiger partial charge is 0.504 e. The topological polar surface area (TPSA) is 128 Å². The summed E-state index contributed by atoms with van der Waals surface area (Å²) in [5.41, 5.74) is 1.16. The first-order valence-electron chi connectivity index (χ1n) is 7.84. The molecule has 0 aromatic heterocycles. The van der Waals surface area contributed by atoms with Crippen molar-refractivity contribution in [1.82, 2.24) is 0 Å². The number of aromatic carboxylic acids is 1. The van der Waals surface area contributed by atoms with Crippen LogP contribution in [0.3, 0.4) is 0 Å². The molecule has 2 aromatic carbocycles. The Hall–Kier alpha value is -4.00. The molecule has 0 radical (unpaired) electrons. The molecule has 0 saturated carbocycles. The van der Waals surface area contributed by atoms with Crippen LogP contribution in [0.4, 0.5) is 0 Å². The maximum atomic E-state index is 11.8. The molecule has 2 aliphatic rings.